The Hall–Kier alpha value is 2.85. The third-order valence-electron chi connectivity index (χ3n) is 0. The minimum absolute atomic E-state index is 0. The summed E-state index contributed by atoms with van der Waals surface area (Å²) in [6.45, 7) is 0. The van der Waals surface area contributed by atoms with Crippen molar-refractivity contribution in [1.82, 2.24) is 0 Å². The van der Waals surface area contributed by atoms with Gasteiger partial charge in [-0.2, -0.15) is 0 Å². The molecule has 4 heavy (non-hydrogen) atoms. The van der Waals surface area contributed by atoms with E-state index in [4.69, 9.17) is 0 Å². The molecule has 0 heterocycles. The molecule has 0 atom stereocenters. The van der Waals surface area contributed by atoms with Gasteiger partial charge in [0.2, 0.25) is 0 Å². The summed E-state index contributed by atoms with van der Waals surface area (Å²) in [4.78, 5) is 0. The Balaban J connectivity index is 0. The second kappa shape index (κ2) is 16.9. The average Bonchev–Trinajstić information content (AvgIpc) is 0. The molecule has 4 heteroatoms. The van der Waals surface area contributed by atoms with Crippen LogP contribution in [0.2, 0.25) is 0 Å². The Morgan fingerprint density at radius 2 is 1.00 bits per heavy atom. The van der Waals surface area contributed by atoms with Crippen molar-refractivity contribution in [2.24, 2.45) is 0 Å². The second-order valence-corrected chi connectivity index (χ2v) is 0. The molecule has 0 unspecified atom stereocenters. The summed E-state index contributed by atoms with van der Waals surface area (Å²) in [7, 11) is 0. The molecule has 0 nitrogen and oxygen atoms in total. The van der Waals surface area contributed by atoms with E-state index < -0.39 is 0 Å². The van der Waals surface area contributed by atoms with E-state index in [1.165, 1.54) is 0 Å². The van der Waals surface area contributed by atoms with Crippen molar-refractivity contribution in [1.29, 1.82) is 0 Å². The molecule has 0 aliphatic carbocycles. The minimum atomic E-state index is 0. The molecule has 0 saturated carbocycles. The van der Waals surface area contributed by atoms with E-state index in [1.54, 1.807) is 0 Å². The molecule has 0 spiro atoms. The maximum Gasteiger partial charge on any atom is 0 e. The largest absolute Gasteiger partial charge is 0 e. The molecule has 0 aliphatic heterocycles. The molecule has 0 bridgehead atoms. The van der Waals surface area contributed by atoms with Crippen molar-refractivity contribution in [3.8, 4) is 0 Å². The van der Waals surface area contributed by atoms with Gasteiger partial charge in [-0.1, -0.05) is 0 Å². The number of hydrogen-bond donors (Lipinski definition) is 0. The minimum Gasteiger partial charge on any atom is 0 e. The van der Waals surface area contributed by atoms with Crippen LogP contribution >= 0.6 is 0 Å². The Bertz CT molecular complexity index is 8.00. The summed E-state index contributed by atoms with van der Waals surface area (Å²) in [6, 6.07) is 0. The van der Waals surface area contributed by atoms with Gasteiger partial charge in [0, 0.05) is 90.9 Å². The Kier molecular flexibility index (Phi) is 122. The molecule has 0 aromatic heterocycles. The van der Waals surface area contributed by atoms with Gasteiger partial charge in [-0.25, -0.2) is 0 Å². The van der Waals surface area contributed by atoms with Crippen molar-refractivity contribution < 1.29 is 52.7 Å². The fourth-order valence-electron chi connectivity index (χ4n) is 0. The summed E-state index contributed by atoms with van der Waals surface area (Å²) < 4.78 is 0. The van der Waals surface area contributed by atoms with Gasteiger partial charge in [0.05, 0.1) is 0 Å². The molecular formula is FeLaPbSi. The second-order valence-electron chi connectivity index (χ2n) is 0. The van der Waals surface area contributed by atoms with Crippen molar-refractivity contribution in [3.05, 3.63) is 0 Å². The molecule has 0 amide bonds. The molecular weight excluding hydrogens is 430 g/mol. The smallest absolute Gasteiger partial charge is 0 e. The molecule has 0 fully saturated rings. The van der Waals surface area contributed by atoms with E-state index in [1.807, 2.05) is 0 Å². The summed E-state index contributed by atoms with van der Waals surface area (Å²) >= 11 is 0. The van der Waals surface area contributed by atoms with Crippen LogP contribution in [0.25, 0.3) is 0 Å². The first-order valence-corrected chi connectivity index (χ1v) is 0. The van der Waals surface area contributed by atoms with Crippen LogP contribution in [0.4, 0.5) is 0 Å². The topological polar surface area (TPSA) is 0 Å². The van der Waals surface area contributed by atoms with Crippen LogP contribution in [-0.4, -0.2) is 38.3 Å². The molecule has 0 aliphatic rings. The van der Waals surface area contributed by atoms with Crippen molar-refractivity contribution in [2.75, 3.05) is 0 Å². The zero-order valence-electron chi connectivity index (χ0n) is 1.93. The standard InChI is InChI=1S/Fe.La.Pb.Si. The molecule has 0 saturated heterocycles. The van der Waals surface area contributed by atoms with Gasteiger partial charge in [0.25, 0.3) is 0 Å². The maximum absolute atomic E-state index is 0. The Morgan fingerprint density at radius 3 is 1.00 bits per heavy atom. The van der Waals surface area contributed by atoms with Gasteiger partial charge in [-0.3, -0.25) is 0 Å². The molecule has 0 N–H and O–H groups in total. The first-order chi connectivity index (χ1) is 0. The average molecular weight is 430 g/mol. The predicted molar refractivity (Wildman–Crippen MR) is 11.5 cm³/mol. The van der Waals surface area contributed by atoms with Crippen LogP contribution in [0, 0.1) is 35.6 Å². The van der Waals surface area contributed by atoms with E-state index in [9.17, 15) is 0 Å². The summed E-state index contributed by atoms with van der Waals surface area (Å²) in [5.41, 5.74) is 0. The third kappa shape index (κ3) is 8.85. The van der Waals surface area contributed by atoms with E-state index in [0.717, 1.165) is 0 Å². The van der Waals surface area contributed by atoms with Gasteiger partial charge < -0.3 is 0 Å². The van der Waals surface area contributed by atoms with Crippen molar-refractivity contribution in [2.45, 2.75) is 0 Å². The van der Waals surface area contributed by atoms with Crippen molar-refractivity contribution in [3.63, 3.8) is 0 Å². The van der Waals surface area contributed by atoms with Crippen LogP contribution in [0.5, 0.6) is 0 Å². The van der Waals surface area contributed by atoms with Crippen LogP contribution in [0.3, 0.4) is 0 Å². The maximum atomic E-state index is 0. The van der Waals surface area contributed by atoms with Gasteiger partial charge in [-0.05, 0) is 0 Å². The number of hydrogen-bond acceptors (Lipinski definition) is 0. The van der Waals surface area contributed by atoms with E-state index >= 15 is 0 Å². The fraction of sp³-hybridized carbons (Fsp3) is 0. The predicted octanol–water partition coefficient (Wildman–Crippen LogP) is -0.764. The summed E-state index contributed by atoms with van der Waals surface area (Å²) in [5.74, 6) is 0. The van der Waals surface area contributed by atoms with Gasteiger partial charge in [-0.15, -0.1) is 0 Å². The Morgan fingerprint density at radius 1 is 1.00 bits per heavy atom. The summed E-state index contributed by atoms with van der Waals surface area (Å²) in [5, 5.41) is 0. The Labute approximate surface area is 89.1 Å². The van der Waals surface area contributed by atoms with Crippen molar-refractivity contribution >= 4 is 38.3 Å². The van der Waals surface area contributed by atoms with E-state index in [2.05, 4.69) is 0 Å². The quantitative estimate of drug-likeness (QED) is 0.444. The zero-order valence-corrected chi connectivity index (χ0v) is 11.5. The third-order valence-corrected chi connectivity index (χ3v) is 0. The molecule has 0 aromatic rings. The van der Waals surface area contributed by atoms with Crippen LogP contribution in [0.1, 0.15) is 0 Å². The molecule has 0 aromatic carbocycles. The van der Waals surface area contributed by atoms with Gasteiger partial charge >= 0.3 is 0 Å². The normalized spacial score (nSPS) is 0. The zero-order chi connectivity index (χ0) is 0. The first kappa shape index (κ1) is 28.8. The molecule has 9 radical (unpaired) electrons. The van der Waals surface area contributed by atoms with E-state index in [0.29, 0.717) is 0 Å². The van der Waals surface area contributed by atoms with Crippen LogP contribution in [0.15, 0.2) is 0 Å². The number of rotatable bonds is 0. The van der Waals surface area contributed by atoms with Crippen LogP contribution in [-0.2, 0) is 17.1 Å². The first-order valence-electron chi connectivity index (χ1n) is 0. The van der Waals surface area contributed by atoms with Gasteiger partial charge in [0.1, 0.15) is 0 Å². The fourth-order valence-corrected chi connectivity index (χ4v) is 0. The summed E-state index contributed by atoms with van der Waals surface area (Å²) in [6.07, 6.45) is 0. The van der Waals surface area contributed by atoms with Crippen LogP contribution < -0.4 is 0 Å². The van der Waals surface area contributed by atoms with Gasteiger partial charge in [0.15, 0.2) is 0 Å². The molecule has 19 valence electrons. The molecule has 0 rings (SSSR count). The SMILES string of the molecule is [Fe].[La].[Pb].[Si]. The monoisotopic (exact) mass is 431 g/mol. The van der Waals surface area contributed by atoms with E-state index in [-0.39, 0.29) is 90.9 Å².